The highest BCUT2D eigenvalue weighted by Gasteiger charge is 2.33. The quantitative estimate of drug-likeness (QED) is 0.0570. The lowest BCUT2D eigenvalue weighted by Crippen LogP contribution is -2.53. The van der Waals surface area contributed by atoms with Crippen molar-refractivity contribution < 1.29 is 52.1 Å². The molecule has 3 aromatic carbocycles. The molecule has 14 nitrogen and oxygen atoms in total. The van der Waals surface area contributed by atoms with Gasteiger partial charge in [-0.1, -0.05) is 60.7 Å². The number of carbonyl (C=O) groups is 6. The van der Waals surface area contributed by atoms with E-state index < -0.39 is 76.7 Å². The molecule has 4 amide bonds. The zero-order valence-electron chi connectivity index (χ0n) is 37.9. The molecular formula is C48H63FN4O10. The van der Waals surface area contributed by atoms with Gasteiger partial charge in [-0.15, -0.1) is 0 Å². The molecular weight excluding hydrogens is 812 g/mol. The van der Waals surface area contributed by atoms with E-state index in [1.807, 2.05) is 48.5 Å². The molecule has 0 saturated carbocycles. The average Bonchev–Trinajstić information content (AvgIpc) is 3.49. The molecule has 342 valence electrons. The summed E-state index contributed by atoms with van der Waals surface area (Å²) < 4.78 is 36.3. The lowest BCUT2D eigenvalue weighted by molar-refractivity contribution is -0.159. The molecule has 15 heteroatoms. The van der Waals surface area contributed by atoms with Crippen LogP contribution in [0.15, 0.2) is 72.8 Å². The van der Waals surface area contributed by atoms with Crippen molar-refractivity contribution in [2.45, 2.75) is 142 Å². The van der Waals surface area contributed by atoms with Crippen molar-refractivity contribution in [1.29, 1.82) is 0 Å². The Kier molecular flexibility index (Phi) is 17.2. The fourth-order valence-electron chi connectivity index (χ4n) is 6.96. The minimum absolute atomic E-state index is 0.0183. The van der Waals surface area contributed by atoms with Crippen LogP contribution < -0.4 is 21.3 Å². The number of hydrogen-bond donors (Lipinski definition) is 4. The Labute approximate surface area is 369 Å². The summed E-state index contributed by atoms with van der Waals surface area (Å²) in [6.45, 7) is 15.4. The fourth-order valence-corrected chi connectivity index (χ4v) is 6.96. The molecule has 0 spiro atoms. The maximum Gasteiger partial charge on any atom is 0.407 e. The van der Waals surface area contributed by atoms with E-state index in [4.69, 9.17) is 18.9 Å². The van der Waals surface area contributed by atoms with Crippen molar-refractivity contribution >= 4 is 35.9 Å². The highest BCUT2D eigenvalue weighted by Crippen LogP contribution is 2.44. The van der Waals surface area contributed by atoms with Gasteiger partial charge in [0.2, 0.25) is 5.91 Å². The highest BCUT2D eigenvalue weighted by molar-refractivity contribution is 5.88. The van der Waals surface area contributed by atoms with Crippen LogP contribution in [0.1, 0.15) is 117 Å². The minimum Gasteiger partial charge on any atom is -0.460 e. The van der Waals surface area contributed by atoms with E-state index in [9.17, 15) is 33.2 Å². The number of fused-ring (bicyclic) bond motifs is 3. The maximum absolute atomic E-state index is 14.2. The number of unbranched alkanes of at least 4 members (excludes halogenated alkanes) is 1. The second kappa shape index (κ2) is 21.9. The summed E-state index contributed by atoms with van der Waals surface area (Å²) in [4.78, 5) is 79.1. The van der Waals surface area contributed by atoms with Crippen LogP contribution in [0.2, 0.25) is 0 Å². The van der Waals surface area contributed by atoms with E-state index in [0.29, 0.717) is 18.4 Å². The Morgan fingerprint density at radius 1 is 0.635 bits per heavy atom. The molecule has 0 heterocycles. The Hall–Kier alpha value is -5.99. The van der Waals surface area contributed by atoms with Gasteiger partial charge in [0.1, 0.15) is 47.4 Å². The van der Waals surface area contributed by atoms with Gasteiger partial charge in [-0.05, 0) is 128 Å². The van der Waals surface area contributed by atoms with Crippen molar-refractivity contribution in [3.8, 4) is 11.1 Å². The van der Waals surface area contributed by atoms with E-state index in [-0.39, 0.29) is 44.8 Å². The smallest absolute Gasteiger partial charge is 0.407 e. The average molecular weight is 875 g/mol. The molecule has 0 bridgehead atoms. The van der Waals surface area contributed by atoms with Crippen molar-refractivity contribution in [1.82, 2.24) is 21.3 Å². The third-order valence-corrected chi connectivity index (χ3v) is 9.55. The van der Waals surface area contributed by atoms with Gasteiger partial charge in [-0.25, -0.2) is 23.6 Å². The number of urea groups is 1. The molecule has 1 aliphatic rings. The number of esters is 3. The van der Waals surface area contributed by atoms with Crippen molar-refractivity contribution in [3.63, 3.8) is 0 Å². The number of alkyl carbamates (subject to hydrolysis) is 1. The van der Waals surface area contributed by atoms with E-state index >= 15 is 0 Å². The summed E-state index contributed by atoms with van der Waals surface area (Å²) in [5.74, 6) is -3.27. The van der Waals surface area contributed by atoms with Crippen molar-refractivity contribution in [2.24, 2.45) is 0 Å². The molecule has 63 heavy (non-hydrogen) atoms. The van der Waals surface area contributed by atoms with Crippen LogP contribution in [0.25, 0.3) is 11.1 Å². The molecule has 3 atom stereocenters. The van der Waals surface area contributed by atoms with Crippen LogP contribution in [0, 0.1) is 5.82 Å². The number of amides is 4. The SMILES string of the molecule is CC(C)(C)OC(=O)CC[C@H](NC(=O)N[C@@H](CCCCNC(=O)[C@H](Cc1cccc(F)c1)NC(=O)OCC1c2ccccc2-c2ccccc21)C(=O)OC(C)(C)C)C(=O)OC(C)(C)C. The van der Waals surface area contributed by atoms with E-state index in [1.165, 1.54) is 18.2 Å². The first kappa shape index (κ1) is 49.7. The third-order valence-electron chi connectivity index (χ3n) is 9.55. The van der Waals surface area contributed by atoms with Gasteiger partial charge in [0.15, 0.2) is 0 Å². The Morgan fingerprint density at radius 2 is 1.17 bits per heavy atom. The second-order valence-corrected chi connectivity index (χ2v) is 18.6. The minimum atomic E-state index is -1.24. The summed E-state index contributed by atoms with van der Waals surface area (Å²) in [5.41, 5.74) is 2.17. The summed E-state index contributed by atoms with van der Waals surface area (Å²) in [6, 6.07) is 17.2. The zero-order valence-corrected chi connectivity index (χ0v) is 37.9. The predicted octanol–water partition coefficient (Wildman–Crippen LogP) is 7.40. The molecule has 0 aliphatic heterocycles. The van der Waals surface area contributed by atoms with Gasteiger partial charge < -0.3 is 40.2 Å². The molecule has 0 aromatic heterocycles. The van der Waals surface area contributed by atoms with Crippen molar-refractivity contribution in [2.75, 3.05) is 13.2 Å². The lowest BCUT2D eigenvalue weighted by Gasteiger charge is -2.27. The molecule has 4 rings (SSSR count). The van der Waals surface area contributed by atoms with Gasteiger partial charge in [0, 0.05) is 25.3 Å². The first-order valence-electron chi connectivity index (χ1n) is 21.4. The monoisotopic (exact) mass is 874 g/mol. The number of hydrogen-bond acceptors (Lipinski definition) is 10. The first-order valence-corrected chi connectivity index (χ1v) is 21.4. The number of ether oxygens (including phenoxy) is 4. The maximum atomic E-state index is 14.2. The van der Waals surface area contributed by atoms with Crippen LogP contribution in [-0.2, 0) is 44.5 Å². The molecule has 0 fully saturated rings. The summed E-state index contributed by atoms with van der Waals surface area (Å²) in [6.07, 6.45) is -0.364. The van der Waals surface area contributed by atoms with Crippen LogP contribution in [0.4, 0.5) is 14.0 Å². The van der Waals surface area contributed by atoms with Crippen LogP contribution in [0.5, 0.6) is 0 Å². The molecule has 0 radical (unpaired) electrons. The fraction of sp³-hybridized carbons (Fsp3) is 0.500. The predicted molar refractivity (Wildman–Crippen MR) is 235 cm³/mol. The van der Waals surface area contributed by atoms with E-state index in [2.05, 4.69) is 21.3 Å². The normalized spacial score (nSPS) is 13.9. The summed E-state index contributed by atoms with van der Waals surface area (Å²) in [7, 11) is 0. The summed E-state index contributed by atoms with van der Waals surface area (Å²) >= 11 is 0. The molecule has 1 aliphatic carbocycles. The standard InChI is InChI=1S/C48H63FN4O10/c1-46(2,3)61-40(54)25-24-38(43(57)63-48(7,8)9)52-44(58)51-37(42(56)62-47(4,5)6)23-14-15-26-50-41(55)39(28-30-17-16-18-31(49)27-30)53-45(59)60-29-36-34-21-12-10-19-32(34)33-20-11-13-22-35(33)36/h10-13,16-22,27,36-39H,14-15,23-26,28-29H2,1-9H3,(H,50,55)(H,53,59)(H2,51,52,58)/t37-,38-,39-/m0/s1. The second-order valence-electron chi connectivity index (χ2n) is 18.6. The van der Waals surface area contributed by atoms with E-state index in [1.54, 1.807) is 68.4 Å². The Balaban J connectivity index is 1.37. The Morgan fingerprint density at radius 3 is 1.71 bits per heavy atom. The number of nitrogens with one attached hydrogen (secondary N) is 4. The first-order chi connectivity index (χ1) is 29.5. The molecule has 4 N–H and O–H groups in total. The van der Waals surface area contributed by atoms with Crippen LogP contribution in [0.3, 0.4) is 0 Å². The number of carbonyl (C=O) groups excluding carboxylic acids is 6. The van der Waals surface area contributed by atoms with Crippen LogP contribution in [-0.4, -0.2) is 84.0 Å². The van der Waals surface area contributed by atoms with Crippen LogP contribution >= 0.6 is 0 Å². The van der Waals surface area contributed by atoms with Gasteiger partial charge in [0.25, 0.3) is 0 Å². The van der Waals surface area contributed by atoms with Gasteiger partial charge in [-0.2, -0.15) is 0 Å². The van der Waals surface area contributed by atoms with Gasteiger partial charge in [0.05, 0.1) is 0 Å². The Bertz CT molecular complexity index is 2040. The highest BCUT2D eigenvalue weighted by atomic mass is 19.1. The zero-order chi connectivity index (χ0) is 46.5. The number of rotatable bonds is 18. The third kappa shape index (κ3) is 16.7. The molecule has 0 unspecified atom stereocenters. The topological polar surface area (TPSA) is 187 Å². The summed E-state index contributed by atoms with van der Waals surface area (Å²) in [5, 5.41) is 10.6. The largest absolute Gasteiger partial charge is 0.460 e. The van der Waals surface area contributed by atoms with Gasteiger partial charge >= 0.3 is 30.0 Å². The number of benzene rings is 3. The lowest BCUT2D eigenvalue weighted by atomic mass is 9.98. The van der Waals surface area contributed by atoms with Crippen molar-refractivity contribution in [3.05, 3.63) is 95.3 Å². The van der Waals surface area contributed by atoms with E-state index in [0.717, 1.165) is 22.3 Å². The molecule has 3 aromatic rings. The van der Waals surface area contributed by atoms with Gasteiger partial charge in [-0.3, -0.25) is 9.59 Å². The molecule has 0 saturated heterocycles. The number of halogens is 1.